The molecule has 1 atom stereocenters. The SMILES string of the molecule is CC(C)C1CCCN(Cc2cc(F)ccc2C(N)=S)CC1. The highest BCUT2D eigenvalue weighted by Crippen LogP contribution is 2.25. The summed E-state index contributed by atoms with van der Waals surface area (Å²) >= 11 is 5.08. The van der Waals surface area contributed by atoms with E-state index in [1.165, 1.54) is 25.3 Å². The third-order valence-corrected chi connectivity index (χ3v) is 4.75. The second kappa shape index (κ2) is 7.32. The fourth-order valence-corrected chi connectivity index (χ4v) is 3.38. The zero-order valence-corrected chi connectivity index (χ0v) is 13.8. The number of thiocarbonyl (C=S) groups is 1. The highest BCUT2D eigenvalue weighted by Gasteiger charge is 2.20. The van der Waals surface area contributed by atoms with Gasteiger partial charge in [-0.3, -0.25) is 4.90 Å². The number of likely N-dealkylation sites (tertiary alicyclic amines) is 1. The Morgan fingerprint density at radius 1 is 1.38 bits per heavy atom. The lowest BCUT2D eigenvalue weighted by Crippen LogP contribution is -2.26. The van der Waals surface area contributed by atoms with Crippen LogP contribution in [-0.4, -0.2) is 23.0 Å². The molecule has 0 aliphatic carbocycles. The van der Waals surface area contributed by atoms with Crippen LogP contribution in [0.15, 0.2) is 18.2 Å². The first-order chi connectivity index (χ1) is 9.97. The minimum absolute atomic E-state index is 0.222. The highest BCUT2D eigenvalue weighted by atomic mass is 32.1. The van der Waals surface area contributed by atoms with Gasteiger partial charge in [0.15, 0.2) is 0 Å². The third-order valence-electron chi connectivity index (χ3n) is 4.53. The average molecular weight is 308 g/mol. The first-order valence-corrected chi connectivity index (χ1v) is 8.18. The van der Waals surface area contributed by atoms with Crippen LogP contribution in [0.2, 0.25) is 0 Å². The number of halogens is 1. The molecule has 2 rings (SSSR count). The molecule has 1 unspecified atom stereocenters. The van der Waals surface area contributed by atoms with Crippen LogP contribution in [0.5, 0.6) is 0 Å². The molecule has 1 heterocycles. The number of rotatable bonds is 4. The van der Waals surface area contributed by atoms with E-state index in [1.54, 1.807) is 12.1 Å². The van der Waals surface area contributed by atoms with E-state index in [0.717, 1.165) is 42.6 Å². The lowest BCUT2D eigenvalue weighted by atomic mass is 9.89. The summed E-state index contributed by atoms with van der Waals surface area (Å²) in [5.74, 6) is 1.32. The molecule has 4 heteroatoms. The van der Waals surface area contributed by atoms with Crippen LogP contribution in [0.25, 0.3) is 0 Å². The first-order valence-electron chi connectivity index (χ1n) is 7.78. The van der Waals surface area contributed by atoms with Crippen molar-refractivity contribution in [3.63, 3.8) is 0 Å². The Morgan fingerprint density at radius 2 is 2.14 bits per heavy atom. The molecule has 0 radical (unpaired) electrons. The lowest BCUT2D eigenvalue weighted by Gasteiger charge is -2.22. The molecule has 0 aromatic heterocycles. The van der Waals surface area contributed by atoms with Gasteiger partial charge in [-0.2, -0.15) is 0 Å². The summed E-state index contributed by atoms with van der Waals surface area (Å²) in [7, 11) is 0. The van der Waals surface area contributed by atoms with Gasteiger partial charge < -0.3 is 5.73 Å². The Morgan fingerprint density at radius 3 is 2.81 bits per heavy atom. The Labute approximate surface area is 132 Å². The fourth-order valence-electron chi connectivity index (χ4n) is 3.18. The van der Waals surface area contributed by atoms with E-state index in [0.29, 0.717) is 4.99 Å². The average Bonchev–Trinajstić information content (AvgIpc) is 2.64. The van der Waals surface area contributed by atoms with Gasteiger partial charge in [0.05, 0.1) is 0 Å². The Kier molecular flexibility index (Phi) is 5.71. The predicted molar refractivity (Wildman–Crippen MR) is 89.7 cm³/mol. The molecular formula is C17H25FN2S. The maximum Gasteiger partial charge on any atom is 0.123 e. The number of nitrogens with zero attached hydrogens (tertiary/aromatic N) is 1. The highest BCUT2D eigenvalue weighted by molar-refractivity contribution is 7.80. The predicted octanol–water partition coefficient (Wildman–Crippen LogP) is 3.72. The van der Waals surface area contributed by atoms with Crippen molar-refractivity contribution in [3.05, 3.63) is 35.1 Å². The summed E-state index contributed by atoms with van der Waals surface area (Å²) in [5, 5.41) is 0. The van der Waals surface area contributed by atoms with Crippen molar-refractivity contribution in [3.8, 4) is 0 Å². The molecule has 21 heavy (non-hydrogen) atoms. The molecule has 1 aromatic rings. The molecule has 0 amide bonds. The number of hydrogen-bond donors (Lipinski definition) is 1. The van der Waals surface area contributed by atoms with Crippen molar-refractivity contribution < 1.29 is 4.39 Å². The monoisotopic (exact) mass is 308 g/mol. The van der Waals surface area contributed by atoms with Crippen LogP contribution in [-0.2, 0) is 6.54 Å². The van der Waals surface area contributed by atoms with Crippen LogP contribution >= 0.6 is 12.2 Å². The minimum atomic E-state index is -0.222. The van der Waals surface area contributed by atoms with E-state index in [-0.39, 0.29) is 5.82 Å². The maximum absolute atomic E-state index is 13.5. The summed E-state index contributed by atoms with van der Waals surface area (Å²) in [4.78, 5) is 2.75. The normalized spacial score (nSPS) is 20.5. The zero-order valence-electron chi connectivity index (χ0n) is 12.9. The van der Waals surface area contributed by atoms with Gasteiger partial charge in [0, 0.05) is 12.1 Å². The van der Waals surface area contributed by atoms with Gasteiger partial charge in [-0.05, 0) is 68.0 Å². The van der Waals surface area contributed by atoms with Crippen molar-refractivity contribution in [2.75, 3.05) is 13.1 Å². The summed E-state index contributed by atoms with van der Waals surface area (Å²) in [6.45, 7) is 7.47. The molecule has 2 nitrogen and oxygen atoms in total. The number of hydrogen-bond acceptors (Lipinski definition) is 2. The van der Waals surface area contributed by atoms with Gasteiger partial charge in [0.2, 0.25) is 0 Å². The lowest BCUT2D eigenvalue weighted by molar-refractivity contribution is 0.264. The number of benzene rings is 1. The van der Waals surface area contributed by atoms with Gasteiger partial charge in [0.1, 0.15) is 10.8 Å². The van der Waals surface area contributed by atoms with Crippen LogP contribution in [0.1, 0.15) is 44.2 Å². The summed E-state index contributed by atoms with van der Waals surface area (Å²) in [5.41, 5.74) is 7.46. The van der Waals surface area contributed by atoms with Crippen molar-refractivity contribution >= 4 is 17.2 Å². The van der Waals surface area contributed by atoms with E-state index in [9.17, 15) is 4.39 Å². The quantitative estimate of drug-likeness (QED) is 0.860. The van der Waals surface area contributed by atoms with Gasteiger partial charge >= 0.3 is 0 Å². The second-order valence-corrected chi connectivity index (χ2v) is 6.82. The summed E-state index contributed by atoms with van der Waals surface area (Å²) in [6.07, 6.45) is 3.72. The minimum Gasteiger partial charge on any atom is -0.389 e. The molecule has 0 spiro atoms. The molecule has 2 N–H and O–H groups in total. The topological polar surface area (TPSA) is 29.3 Å². The van der Waals surface area contributed by atoms with Crippen LogP contribution in [0, 0.1) is 17.7 Å². The second-order valence-electron chi connectivity index (χ2n) is 6.38. The molecule has 116 valence electrons. The number of nitrogens with two attached hydrogens (primary N) is 1. The van der Waals surface area contributed by atoms with Gasteiger partial charge in [-0.1, -0.05) is 26.1 Å². The van der Waals surface area contributed by atoms with E-state index in [2.05, 4.69) is 18.7 Å². The smallest absolute Gasteiger partial charge is 0.123 e. The van der Waals surface area contributed by atoms with Crippen molar-refractivity contribution in [1.29, 1.82) is 0 Å². The Bertz CT molecular complexity index is 502. The van der Waals surface area contributed by atoms with E-state index in [4.69, 9.17) is 18.0 Å². The molecule has 0 saturated carbocycles. The Balaban J connectivity index is 2.08. The van der Waals surface area contributed by atoms with Gasteiger partial charge in [-0.25, -0.2) is 4.39 Å². The Hall–Kier alpha value is -1.00. The van der Waals surface area contributed by atoms with E-state index < -0.39 is 0 Å². The fraction of sp³-hybridized carbons (Fsp3) is 0.588. The molecule has 1 aliphatic rings. The standard InChI is InChI=1S/C17H25FN2S/c1-12(2)13-4-3-8-20(9-7-13)11-14-10-15(18)5-6-16(14)17(19)21/h5-6,10,12-13H,3-4,7-9,11H2,1-2H3,(H2,19,21). The summed E-state index contributed by atoms with van der Waals surface area (Å²) in [6, 6.07) is 4.69. The van der Waals surface area contributed by atoms with Crippen LogP contribution in [0.4, 0.5) is 4.39 Å². The van der Waals surface area contributed by atoms with Crippen LogP contribution < -0.4 is 5.73 Å². The van der Waals surface area contributed by atoms with Crippen molar-refractivity contribution in [2.45, 2.75) is 39.7 Å². The zero-order chi connectivity index (χ0) is 15.4. The third kappa shape index (κ3) is 4.48. The maximum atomic E-state index is 13.5. The molecule has 1 aromatic carbocycles. The van der Waals surface area contributed by atoms with E-state index in [1.807, 2.05) is 0 Å². The molecule has 1 aliphatic heterocycles. The first kappa shape index (κ1) is 16.4. The molecule has 1 fully saturated rings. The van der Waals surface area contributed by atoms with Gasteiger partial charge in [-0.15, -0.1) is 0 Å². The van der Waals surface area contributed by atoms with Crippen LogP contribution in [0.3, 0.4) is 0 Å². The van der Waals surface area contributed by atoms with E-state index >= 15 is 0 Å². The molecule has 1 saturated heterocycles. The molecule has 0 bridgehead atoms. The summed E-state index contributed by atoms with van der Waals surface area (Å²) < 4.78 is 13.5. The van der Waals surface area contributed by atoms with Gasteiger partial charge in [0.25, 0.3) is 0 Å². The van der Waals surface area contributed by atoms with Crippen molar-refractivity contribution in [2.24, 2.45) is 17.6 Å². The molecular weight excluding hydrogens is 283 g/mol. The largest absolute Gasteiger partial charge is 0.389 e. The van der Waals surface area contributed by atoms with Crippen molar-refractivity contribution in [1.82, 2.24) is 4.90 Å².